The molecule has 0 saturated heterocycles. The molecule has 44 heavy (non-hydrogen) atoms. The van der Waals surface area contributed by atoms with Crippen LogP contribution in [-0.4, -0.2) is 54.0 Å². The van der Waals surface area contributed by atoms with Gasteiger partial charge in [0, 0.05) is 22.8 Å². The van der Waals surface area contributed by atoms with Crippen molar-refractivity contribution in [1.29, 1.82) is 0 Å². The van der Waals surface area contributed by atoms with Crippen LogP contribution in [0.4, 0.5) is 0 Å². The molecule has 0 aliphatic rings. The zero-order valence-electron chi connectivity index (χ0n) is 30.8. The van der Waals surface area contributed by atoms with Crippen LogP contribution in [0.5, 0.6) is 11.5 Å². The molecule has 0 atom stereocenters. The zero-order chi connectivity index (χ0) is 34.7. The molecule has 252 valence electrons. The molecule has 1 aromatic rings. The van der Waals surface area contributed by atoms with E-state index < -0.39 is 39.8 Å². The molecule has 0 aromatic heterocycles. The van der Waals surface area contributed by atoms with Crippen LogP contribution in [0.3, 0.4) is 0 Å². The molecule has 0 spiro atoms. The van der Waals surface area contributed by atoms with E-state index in [9.17, 15) is 9.59 Å². The summed E-state index contributed by atoms with van der Waals surface area (Å²) < 4.78 is 36.7. The van der Waals surface area contributed by atoms with Gasteiger partial charge in [-0.25, -0.2) is 9.59 Å². The Morgan fingerprint density at radius 3 is 1.55 bits per heavy atom. The van der Waals surface area contributed by atoms with Gasteiger partial charge in [-0.15, -0.1) is 0 Å². The number of rotatable bonds is 11. The Bertz CT molecular complexity index is 1200. The average Bonchev–Trinajstić information content (AvgIpc) is 2.80. The molecule has 0 aliphatic carbocycles. The second-order valence-electron chi connectivity index (χ2n) is 16.3. The van der Waals surface area contributed by atoms with Crippen molar-refractivity contribution in [3.05, 3.63) is 28.8 Å². The van der Waals surface area contributed by atoms with Gasteiger partial charge in [-0.2, -0.15) is 0 Å². The molecule has 0 bridgehead atoms. The van der Waals surface area contributed by atoms with Gasteiger partial charge in [0.25, 0.3) is 0 Å². The highest BCUT2D eigenvalue weighted by Gasteiger charge is 2.40. The van der Waals surface area contributed by atoms with Gasteiger partial charge in [0.05, 0.1) is 33.0 Å². The van der Waals surface area contributed by atoms with E-state index in [4.69, 9.17) is 27.8 Å². The van der Waals surface area contributed by atoms with E-state index >= 15 is 0 Å². The Morgan fingerprint density at radius 1 is 0.705 bits per heavy atom. The minimum atomic E-state index is -2.28. The normalized spacial score (nSPS) is 13.9. The van der Waals surface area contributed by atoms with Crippen LogP contribution in [0, 0.1) is 0 Å². The summed E-state index contributed by atoms with van der Waals surface area (Å²) in [6.45, 7) is 32.8. The van der Waals surface area contributed by atoms with Crippen LogP contribution in [0.1, 0.15) is 99.8 Å². The van der Waals surface area contributed by atoms with Crippen molar-refractivity contribution < 1.29 is 37.4 Å². The quantitative estimate of drug-likeness (QED) is 0.133. The van der Waals surface area contributed by atoms with E-state index in [-0.39, 0.29) is 28.9 Å². The third-order valence-corrected chi connectivity index (χ3v) is 17.1. The molecule has 0 unspecified atom stereocenters. The van der Waals surface area contributed by atoms with Crippen molar-refractivity contribution in [2.45, 2.75) is 144 Å². The largest absolute Gasteiger partial charge is 0.496 e. The lowest BCUT2D eigenvalue weighted by Gasteiger charge is -2.37. The van der Waals surface area contributed by atoms with Gasteiger partial charge in [-0.1, -0.05) is 41.5 Å². The number of hydrogen-bond donors (Lipinski definition) is 0. The number of carbonyl (C=O) groups is 2. The number of carbonyl (C=O) groups excluding carboxylic acids is 2. The first-order valence-corrected chi connectivity index (χ1v) is 21.1. The zero-order valence-corrected chi connectivity index (χ0v) is 32.8. The minimum absolute atomic E-state index is 0.00142. The molecule has 0 amide bonds. The fourth-order valence-electron chi connectivity index (χ4n) is 3.67. The van der Waals surface area contributed by atoms with Crippen LogP contribution < -0.4 is 9.47 Å². The molecular formula is C34H60O8Si2. The van der Waals surface area contributed by atoms with Gasteiger partial charge in [-0.3, -0.25) is 0 Å². The molecule has 0 radical (unpaired) electrons. The average molecular weight is 653 g/mol. The summed E-state index contributed by atoms with van der Waals surface area (Å²) in [5, 5.41) is -0.0769. The van der Waals surface area contributed by atoms with Gasteiger partial charge in [0.15, 0.2) is 16.6 Å². The van der Waals surface area contributed by atoms with Crippen molar-refractivity contribution in [3.63, 3.8) is 0 Å². The summed E-state index contributed by atoms with van der Waals surface area (Å²) >= 11 is 0. The van der Waals surface area contributed by atoms with Crippen molar-refractivity contribution in [3.8, 4) is 11.5 Å². The summed E-state index contributed by atoms with van der Waals surface area (Å²) in [5.74, 6) is -0.491. The smallest absolute Gasteiger partial charge is 0.339 e. The fourth-order valence-corrected chi connectivity index (χ4v) is 5.55. The van der Waals surface area contributed by atoms with E-state index in [1.165, 1.54) is 13.2 Å². The Kier molecular flexibility index (Phi) is 12.8. The summed E-state index contributed by atoms with van der Waals surface area (Å²) in [4.78, 5) is 27.0. The topological polar surface area (TPSA) is 89.5 Å². The van der Waals surface area contributed by atoms with Crippen molar-refractivity contribution >= 4 is 34.1 Å². The van der Waals surface area contributed by atoms with Crippen molar-refractivity contribution in [2.75, 3.05) is 14.2 Å². The molecule has 0 N–H and O–H groups in total. The van der Waals surface area contributed by atoms with Crippen LogP contribution in [0.15, 0.2) is 12.1 Å². The molecular weight excluding hydrogens is 593 g/mol. The lowest BCUT2D eigenvalue weighted by atomic mass is 9.94. The second-order valence-corrected chi connectivity index (χ2v) is 25.9. The Hall–Kier alpha value is -2.15. The van der Waals surface area contributed by atoms with Gasteiger partial charge in [-0.05, 0) is 83.9 Å². The maximum Gasteiger partial charge on any atom is 0.339 e. The Labute approximate surface area is 269 Å². The number of benzene rings is 1. The fraction of sp³-hybridized carbons (Fsp3) is 0.706. The SMILES string of the molecule is COc1cc(CO[Si](C)(C)C(C)(C)C)c(OC)c(CO[Si](C)(C)C(C)(C)C)c1/C(=C\C(=O)OC(C)(C)C)C(=O)OC(C)(C)C. The molecule has 0 fully saturated rings. The van der Waals surface area contributed by atoms with Gasteiger partial charge in [0.1, 0.15) is 22.7 Å². The van der Waals surface area contributed by atoms with E-state index in [2.05, 4.69) is 67.7 Å². The highest BCUT2D eigenvalue weighted by Crippen LogP contribution is 2.44. The molecule has 8 nitrogen and oxygen atoms in total. The summed E-state index contributed by atoms with van der Waals surface area (Å²) in [5.41, 5.74) is 0.0945. The van der Waals surface area contributed by atoms with Crippen molar-refractivity contribution in [1.82, 2.24) is 0 Å². The van der Waals surface area contributed by atoms with Crippen LogP contribution in [-0.2, 0) is 41.1 Å². The van der Waals surface area contributed by atoms with Crippen LogP contribution >= 0.6 is 0 Å². The van der Waals surface area contributed by atoms with Crippen LogP contribution in [0.2, 0.25) is 36.3 Å². The lowest BCUT2D eigenvalue weighted by molar-refractivity contribution is -0.150. The minimum Gasteiger partial charge on any atom is -0.496 e. The highest BCUT2D eigenvalue weighted by molar-refractivity contribution is 6.74. The van der Waals surface area contributed by atoms with E-state index in [1.807, 2.05) is 6.07 Å². The summed E-state index contributed by atoms with van der Waals surface area (Å²) in [6.07, 6.45) is 1.18. The monoisotopic (exact) mass is 652 g/mol. The maximum absolute atomic E-state index is 13.8. The van der Waals surface area contributed by atoms with Gasteiger partial charge >= 0.3 is 11.9 Å². The summed E-state index contributed by atoms with van der Waals surface area (Å²) in [6, 6.07) is 1.81. The molecule has 10 heteroatoms. The third-order valence-electron chi connectivity index (χ3n) is 8.18. The molecule has 1 rings (SSSR count). The first-order valence-electron chi connectivity index (χ1n) is 15.3. The predicted molar refractivity (Wildman–Crippen MR) is 183 cm³/mol. The molecule has 1 aromatic carbocycles. The van der Waals surface area contributed by atoms with Gasteiger partial charge in [0.2, 0.25) is 0 Å². The molecule has 0 heterocycles. The standard InChI is InChI=1S/C34H60O8Si2/c1-31(2,3)41-27(35)20-24(30(36)42-32(4,5)6)28-25(22-40-44(17,18)34(10,11)12)29(38-14)23(19-26(28)37-13)21-39-43(15,16)33(7,8)9/h19-20H,21-22H2,1-18H3/b24-20+. The number of ether oxygens (including phenoxy) is 4. The van der Waals surface area contributed by atoms with Gasteiger partial charge < -0.3 is 27.8 Å². The van der Waals surface area contributed by atoms with E-state index in [1.54, 1.807) is 48.7 Å². The first kappa shape index (κ1) is 39.9. The number of esters is 2. The number of methoxy groups -OCH3 is 2. The Morgan fingerprint density at radius 2 is 1.16 bits per heavy atom. The van der Waals surface area contributed by atoms with E-state index in [0.717, 1.165) is 5.56 Å². The molecule has 0 aliphatic heterocycles. The Balaban J connectivity index is 4.15. The maximum atomic E-state index is 13.8. The van der Waals surface area contributed by atoms with Crippen LogP contribution in [0.25, 0.3) is 5.57 Å². The second kappa shape index (κ2) is 14.1. The predicted octanol–water partition coefficient (Wildman–Crippen LogP) is 8.81. The van der Waals surface area contributed by atoms with Crippen molar-refractivity contribution in [2.24, 2.45) is 0 Å². The third kappa shape index (κ3) is 11.0. The van der Waals surface area contributed by atoms with E-state index in [0.29, 0.717) is 22.6 Å². The highest BCUT2D eigenvalue weighted by atomic mass is 28.4. The lowest BCUT2D eigenvalue weighted by Crippen LogP contribution is -2.41. The molecule has 0 saturated carbocycles. The number of hydrogen-bond acceptors (Lipinski definition) is 8. The summed E-state index contributed by atoms with van der Waals surface area (Å²) in [7, 11) is -1.29. The first-order chi connectivity index (χ1) is 19.6.